The van der Waals surface area contributed by atoms with Gasteiger partial charge in [0.2, 0.25) is 0 Å². The van der Waals surface area contributed by atoms with Crippen molar-refractivity contribution in [1.29, 1.82) is 0 Å². The Kier molecular flexibility index (Phi) is 4.97. The first-order chi connectivity index (χ1) is 12.1. The highest BCUT2D eigenvalue weighted by molar-refractivity contribution is 6.30. The molecule has 3 aromatic rings. The van der Waals surface area contributed by atoms with Gasteiger partial charge in [0, 0.05) is 17.0 Å². The fourth-order valence-electron chi connectivity index (χ4n) is 2.65. The Labute approximate surface area is 150 Å². The molecule has 5 nitrogen and oxygen atoms in total. The number of benzene rings is 2. The summed E-state index contributed by atoms with van der Waals surface area (Å²) >= 11 is 6.31. The molecule has 0 bridgehead atoms. The van der Waals surface area contributed by atoms with Crippen LogP contribution < -0.4 is 14.2 Å². The number of aliphatic hydroxyl groups is 1. The van der Waals surface area contributed by atoms with Crippen molar-refractivity contribution >= 4 is 22.5 Å². The number of hydrogen-bond donors (Lipinski definition) is 1. The van der Waals surface area contributed by atoms with E-state index in [0.717, 1.165) is 11.1 Å². The molecule has 1 aromatic heterocycles. The lowest BCUT2D eigenvalue weighted by molar-refractivity contribution is 0.220. The highest BCUT2D eigenvalue weighted by Crippen LogP contribution is 2.35. The van der Waals surface area contributed by atoms with Crippen LogP contribution >= 0.6 is 11.6 Å². The number of halogens is 1. The predicted molar refractivity (Wildman–Crippen MR) is 96.9 cm³/mol. The maximum absolute atomic E-state index is 10.7. The number of hydrogen-bond acceptors (Lipinski definition) is 5. The van der Waals surface area contributed by atoms with E-state index in [4.69, 9.17) is 25.8 Å². The van der Waals surface area contributed by atoms with Crippen molar-refractivity contribution in [3.05, 3.63) is 58.7 Å². The molecule has 6 heteroatoms. The third kappa shape index (κ3) is 3.34. The Morgan fingerprint density at radius 3 is 2.16 bits per heavy atom. The van der Waals surface area contributed by atoms with Crippen molar-refractivity contribution in [2.75, 3.05) is 21.3 Å². The first-order valence-corrected chi connectivity index (χ1v) is 7.99. The molecule has 0 amide bonds. The summed E-state index contributed by atoms with van der Waals surface area (Å²) in [6.07, 6.45) is -0.900. The van der Waals surface area contributed by atoms with Gasteiger partial charge in [-0.3, -0.25) is 0 Å². The highest BCUT2D eigenvalue weighted by atomic mass is 35.5. The minimum absolute atomic E-state index is 0.239. The maximum Gasteiger partial charge on any atom is 0.162 e. The molecule has 1 atom stereocenters. The van der Waals surface area contributed by atoms with E-state index in [1.807, 2.05) is 12.1 Å². The van der Waals surface area contributed by atoms with Crippen molar-refractivity contribution < 1.29 is 19.3 Å². The van der Waals surface area contributed by atoms with Gasteiger partial charge in [-0.25, -0.2) is 4.98 Å². The number of methoxy groups -OCH3 is 3. The lowest BCUT2D eigenvalue weighted by atomic mass is 10.0. The Bertz CT molecular complexity index is 896. The second kappa shape index (κ2) is 7.17. The van der Waals surface area contributed by atoms with Crippen LogP contribution in [0.15, 0.2) is 42.5 Å². The molecule has 0 spiro atoms. The van der Waals surface area contributed by atoms with Crippen molar-refractivity contribution in [2.45, 2.75) is 6.10 Å². The Morgan fingerprint density at radius 1 is 0.920 bits per heavy atom. The van der Waals surface area contributed by atoms with Crippen LogP contribution in [0.4, 0.5) is 0 Å². The van der Waals surface area contributed by atoms with Crippen molar-refractivity contribution in [2.24, 2.45) is 0 Å². The molecule has 0 aliphatic heterocycles. The van der Waals surface area contributed by atoms with Crippen LogP contribution in [0, 0.1) is 0 Å². The van der Waals surface area contributed by atoms with Crippen molar-refractivity contribution in [1.82, 2.24) is 4.98 Å². The van der Waals surface area contributed by atoms with E-state index in [1.54, 1.807) is 51.7 Å². The number of aliphatic hydroxyl groups excluding tert-OH is 1. The van der Waals surface area contributed by atoms with E-state index in [0.29, 0.717) is 28.1 Å². The molecule has 1 N–H and O–H groups in total. The highest BCUT2D eigenvalue weighted by Gasteiger charge is 2.17. The number of pyridine rings is 1. The van der Waals surface area contributed by atoms with Gasteiger partial charge in [0.15, 0.2) is 11.5 Å². The van der Waals surface area contributed by atoms with Gasteiger partial charge in [-0.1, -0.05) is 23.7 Å². The Morgan fingerprint density at radius 2 is 1.56 bits per heavy atom. The SMILES string of the molecule is COc1ccc([C@@H](O)c2cc3cc(OC)c(OC)cc3nc2Cl)cc1. The van der Waals surface area contributed by atoms with Crippen LogP contribution in [-0.2, 0) is 0 Å². The molecule has 0 aliphatic rings. The van der Waals surface area contributed by atoms with Gasteiger partial charge in [0.25, 0.3) is 0 Å². The third-order valence-corrected chi connectivity index (χ3v) is 4.33. The van der Waals surface area contributed by atoms with Gasteiger partial charge in [-0.2, -0.15) is 0 Å². The predicted octanol–water partition coefficient (Wildman–Crippen LogP) is 4.00. The molecular weight excluding hydrogens is 342 g/mol. The number of aromatic nitrogens is 1. The Hall–Kier alpha value is -2.50. The van der Waals surface area contributed by atoms with Crippen LogP contribution in [0.2, 0.25) is 5.15 Å². The van der Waals surface area contributed by atoms with Gasteiger partial charge in [0.1, 0.15) is 17.0 Å². The molecule has 130 valence electrons. The first-order valence-electron chi connectivity index (χ1n) is 7.61. The lowest BCUT2D eigenvalue weighted by Crippen LogP contribution is -2.02. The Balaban J connectivity index is 2.07. The molecule has 0 aliphatic carbocycles. The summed E-state index contributed by atoms with van der Waals surface area (Å²) in [7, 11) is 4.73. The summed E-state index contributed by atoms with van der Waals surface area (Å²) in [5.74, 6) is 1.88. The molecule has 0 saturated heterocycles. The molecule has 0 fully saturated rings. The zero-order valence-corrected chi connectivity index (χ0v) is 14.9. The number of nitrogens with zero attached hydrogens (tertiary/aromatic N) is 1. The van der Waals surface area contributed by atoms with Crippen LogP contribution in [-0.4, -0.2) is 31.4 Å². The van der Waals surface area contributed by atoms with E-state index >= 15 is 0 Å². The zero-order valence-electron chi connectivity index (χ0n) is 14.1. The summed E-state index contributed by atoms with van der Waals surface area (Å²) < 4.78 is 15.7. The standard InChI is InChI=1S/C19H18ClNO4/c1-23-13-6-4-11(5-7-13)18(22)14-8-12-9-16(24-2)17(25-3)10-15(12)21-19(14)20/h4-10,18,22H,1-3H3/t18-/m1/s1. The van der Waals surface area contributed by atoms with Crippen LogP contribution in [0.3, 0.4) is 0 Å². The van der Waals surface area contributed by atoms with Gasteiger partial charge < -0.3 is 19.3 Å². The second-order valence-corrected chi connectivity index (χ2v) is 5.80. The molecule has 0 radical (unpaired) electrons. The zero-order chi connectivity index (χ0) is 18.0. The van der Waals surface area contributed by atoms with E-state index < -0.39 is 6.10 Å². The summed E-state index contributed by atoms with van der Waals surface area (Å²) in [4.78, 5) is 4.39. The van der Waals surface area contributed by atoms with Crippen molar-refractivity contribution in [3.63, 3.8) is 0 Å². The summed E-state index contributed by atoms with van der Waals surface area (Å²) in [6.45, 7) is 0. The van der Waals surface area contributed by atoms with Crippen LogP contribution in [0.25, 0.3) is 10.9 Å². The quantitative estimate of drug-likeness (QED) is 0.698. The largest absolute Gasteiger partial charge is 0.497 e. The first kappa shape index (κ1) is 17.3. The lowest BCUT2D eigenvalue weighted by Gasteiger charge is -2.15. The number of ether oxygens (including phenoxy) is 3. The maximum atomic E-state index is 10.7. The fourth-order valence-corrected chi connectivity index (χ4v) is 2.90. The average Bonchev–Trinajstić information content (AvgIpc) is 2.65. The minimum Gasteiger partial charge on any atom is -0.497 e. The van der Waals surface area contributed by atoms with Crippen molar-refractivity contribution in [3.8, 4) is 17.2 Å². The summed E-state index contributed by atoms with van der Waals surface area (Å²) in [5.41, 5.74) is 1.88. The normalized spacial score (nSPS) is 12.0. The van der Waals surface area contributed by atoms with Crippen LogP contribution in [0.1, 0.15) is 17.2 Å². The minimum atomic E-state index is -0.900. The molecule has 0 unspecified atom stereocenters. The molecule has 0 saturated carbocycles. The molecule has 2 aromatic carbocycles. The fraction of sp³-hybridized carbons (Fsp3) is 0.211. The van der Waals surface area contributed by atoms with Crippen LogP contribution in [0.5, 0.6) is 17.2 Å². The molecular formula is C19H18ClNO4. The summed E-state index contributed by atoms with van der Waals surface area (Å²) in [5, 5.41) is 11.7. The number of rotatable bonds is 5. The van der Waals surface area contributed by atoms with Gasteiger partial charge in [-0.05, 0) is 29.8 Å². The summed E-state index contributed by atoms with van der Waals surface area (Å²) in [6, 6.07) is 12.5. The van der Waals surface area contributed by atoms with Gasteiger partial charge in [0.05, 0.1) is 26.8 Å². The van der Waals surface area contributed by atoms with E-state index in [2.05, 4.69) is 4.98 Å². The van der Waals surface area contributed by atoms with Gasteiger partial charge >= 0.3 is 0 Å². The number of fused-ring (bicyclic) bond motifs is 1. The monoisotopic (exact) mass is 359 g/mol. The van der Waals surface area contributed by atoms with E-state index in [-0.39, 0.29) is 5.15 Å². The third-order valence-electron chi connectivity index (χ3n) is 4.03. The molecule has 1 heterocycles. The smallest absolute Gasteiger partial charge is 0.162 e. The molecule has 3 rings (SSSR count). The second-order valence-electron chi connectivity index (χ2n) is 5.44. The van der Waals surface area contributed by atoms with E-state index in [1.165, 1.54) is 0 Å². The topological polar surface area (TPSA) is 60.8 Å². The molecule has 25 heavy (non-hydrogen) atoms. The van der Waals surface area contributed by atoms with E-state index in [9.17, 15) is 5.11 Å². The average molecular weight is 360 g/mol. The van der Waals surface area contributed by atoms with Gasteiger partial charge in [-0.15, -0.1) is 0 Å².